The van der Waals surface area contributed by atoms with Gasteiger partial charge in [0.25, 0.3) is 0 Å². The van der Waals surface area contributed by atoms with Gasteiger partial charge in [-0.05, 0) is 49.7 Å². The maximum absolute atomic E-state index is 11.4. The zero-order valence-electron chi connectivity index (χ0n) is 12.5. The van der Waals surface area contributed by atoms with Crippen molar-refractivity contribution in [2.75, 3.05) is 18.6 Å². The van der Waals surface area contributed by atoms with E-state index in [9.17, 15) is 14.7 Å². The molecule has 0 aromatic rings. The number of aliphatic hydroxyl groups is 1. The maximum Gasteiger partial charge on any atom is 0.306 e. The molecule has 0 aromatic heterocycles. The molecule has 0 saturated heterocycles. The van der Waals surface area contributed by atoms with E-state index >= 15 is 0 Å². The highest BCUT2D eigenvalue weighted by Gasteiger charge is 2.45. The summed E-state index contributed by atoms with van der Waals surface area (Å²) in [5.41, 5.74) is -0.662. The topological polar surface area (TPSA) is 83.8 Å². The second kappa shape index (κ2) is 6.57. The fourth-order valence-corrected chi connectivity index (χ4v) is 4.53. The Labute approximate surface area is 129 Å². The fraction of sp³-hybridized carbons (Fsp3) is 0.867. The van der Waals surface area contributed by atoms with E-state index < -0.39 is 11.6 Å². The van der Waals surface area contributed by atoms with Crippen molar-refractivity contribution < 1.29 is 24.5 Å². The van der Waals surface area contributed by atoms with Gasteiger partial charge in [-0.3, -0.25) is 9.59 Å². The van der Waals surface area contributed by atoms with Crippen LogP contribution < -0.4 is 0 Å². The summed E-state index contributed by atoms with van der Waals surface area (Å²) < 4.78 is 4.72. The Bertz CT molecular complexity index is 397. The number of carboxylic acid groups (broad SMARTS) is 1. The van der Waals surface area contributed by atoms with Gasteiger partial charge < -0.3 is 14.9 Å². The molecule has 2 saturated carbocycles. The lowest BCUT2D eigenvalue weighted by molar-refractivity contribution is -0.144. The summed E-state index contributed by atoms with van der Waals surface area (Å²) in [6.45, 7) is 0. The number of carbonyl (C=O) groups is 2. The van der Waals surface area contributed by atoms with E-state index in [0.29, 0.717) is 37.9 Å². The van der Waals surface area contributed by atoms with Gasteiger partial charge in [0.15, 0.2) is 0 Å². The van der Waals surface area contributed by atoms with E-state index in [4.69, 9.17) is 9.84 Å². The van der Waals surface area contributed by atoms with Crippen molar-refractivity contribution in [2.24, 2.45) is 11.3 Å². The van der Waals surface area contributed by atoms with E-state index in [2.05, 4.69) is 0 Å². The molecule has 21 heavy (non-hydrogen) atoms. The third kappa shape index (κ3) is 4.61. The molecule has 2 fully saturated rings. The van der Waals surface area contributed by atoms with Crippen molar-refractivity contribution in [3.63, 3.8) is 0 Å². The van der Waals surface area contributed by atoms with Gasteiger partial charge in [-0.1, -0.05) is 0 Å². The number of esters is 1. The van der Waals surface area contributed by atoms with Gasteiger partial charge in [0, 0.05) is 5.75 Å². The van der Waals surface area contributed by atoms with Crippen LogP contribution in [0.5, 0.6) is 0 Å². The van der Waals surface area contributed by atoms with Crippen LogP contribution in [0.4, 0.5) is 0 Å². The Morgan fingerprint density at radius 1 is 1.19 bits per heavy atom. The standard InChI is InChI=1S/C15H24O5S/c1-20-12(16)8-14(6-7-14)9-21-10-15(19)4-2-11(3-5-15)13(17)18/h11,19H,2-10H2,1H3,(H,17,18). The summed E-state index contributed by atoms with van der Waals surface area (Å²) in [4.78, 5) is 22.3. The largest absolute Gasteiger partial charge is 0.481 e. The molecule has 0 unspecified atom stereocenters. The number of thioether (sulfide) groups is 1. The molecule has 0 spiro atoms. The van der Waals surface area contributed by atoms with Crippen molar-refractivity contribution in [2.45, 2.75) is 50.5 Å². The second-order valence-corrected chi connectivity index (χ2v) is 7.57. The van der Waals surface area contributed by atoms with Crippen LogP contribution in [-0.2, 0) is 14.3 Å². The first-order valence-electron chi connectivity index (χ1n) is 7.48. The Morgan fingerprint density at radius 2 is 1.81 bits per heavy atom. The molecular weight excluding hydrogens is 292 g/mol. The van der Waals surface area contributed by atoms with E-state index in [1.165, 1.54) is 7.11 Å². The number of carboxylic acids is 1. The predicted molar refractivity (Wildman–Crippen MR) is 80.2 cm³/mol. The van der Waals surface area contributed by atoms with Crippen LogP contribution in [-0.4, -0.2) is 46.4 Å². The normalized spacial score (nSPS) is 30.7. The highest BCUT2D eigenvalue weighted by atomic mass is 32.2. The van der Waals surface area contributed by atoms with E-state index in [0.717, 1.165) is 18.6 Å². The molecule has 2 aliphatic rings. The third-order valence-electron chi connectivity index (χ3n) is 4.75. The van der Waals surface area contributed by atoms with Crippen molar-refractivity contribution in [3.05, 3.63) is 0 Å². The van der Waals surface area contributed by atoms with Crippen LogP contribution in [0.3, 0.4) is 0 Å². The summed E-state index contributed by atoms with van der Waals surface area (Å²) in [6.07, 6.45) is 4.79. The van der Waals surface area contributed by atoms with E-state index in [1.807, 2.05) is 0 Å². The van der Waals surface area contributed by atoms with Crippen molar-refractivity contribution >= 4 is 23.7 Å². The van der Waals surface area contributed by atoms with Crippen LogP contribution >= 0.6 is 11.8 Å². The summed E-state index contributed by atoms with van der Waals surface area (Å²) in [5, 5.41) is 19.5. The maximum atomic E-state index is 11.4. The van der Waals surface area contributed by atoms with Gasteiger partial charge in [-0.2, -0.15) is 11.8 Å². The monoisotopic (exact) mass is 316 g/mol. The van der Waals surface area contributed by atoms with Gasteiger partial charge in [-0.25, -0.2) is 0 Å². The fourth-order valence-electron chi connectivity index (χ4n) is 2.93. The molecular formula is C15H24O5S. The molecule has 0 radical (unpaired) electrons. The van der Waals surface area contributed by atoms with Crippen molar-refractivity contribution in [1.82, 2.24) is 0 Å². The van der Waals surface area contributed by atoms with Gasteiger partial charge >= 0.3 is 11.9 Å². The molecule has 0 bridgehead atoms. The predicted octanol–water partition coefficient (Wildman–Crippen LogP) is 2.07. The average molecular weight is 316 g/mol. The van der Waals surface area contributed by atoms with Crippen molar-refractivity contribution in [1.29, 1.82) is 0 Å². The van der Waals surface area contributed by atoms with Crippen molar-refractivity contribution in [3.8, 4) is 0 Å². The second-order valence-electron chi connectivity index (χ2n) is 6.58. The van der Waals surface area contributed by atoms with Gasteiger partial charge in [-0.15, -0.1) is 0 Å². The summed E-state index contributed by atoms with van der Waals surface area (Å²) in [6, 6.07) is 0. The lowest BCUT2D eigenvalue weighted by Crippen LogP contribution is -2.38. The van der Waals surface area contributed by atoms with Crippen LogP contribution in [0.1, 0.15) is 44.9 Å². The minimum atomic E-state index is -0.750. The molecule has 0 aromatic carbocycles. The minimum Gasteiger partial charge on any atom is -0.481 e. The first kappa shape index (κ1) is 16.6. The van der Waals surface area contributed by atoms with Gasteiger partial charge in [0.1, 0.15) is 0 Å². The number of hydrogen-bond donors (Lipinski definition) is 2. The molecule has 0 amide bonds. The number of ether oxygens (including phenoxy) is 1. The molecule has 2 rings (SSSR count). The zero-order valence-corrected chi connectivity index (χ0v) is 13.3. The zero-order chi connectivity index (χ0) is 15.5. The molecule has 0 heterocycles. The lowest BCUT2D eigenvalue weighted by atomic mass is 9.80. The van der Waals surface area contributed by atoms with Gasteiger partial charge in [0.2, 0.25) is 0 Å². The average Bonchev–Trinajstić information content (AvgIpc) is 3.18. The third-order valence-corrected chi connectivity index (χ3v) is 6.31. The smallest absolute Gasteiger partial charge is 0.306 e. The molecule has 120 valence electrons. The quantitative estimate of drug-likeness (QED) is 0.700. The molecule has 6 heteroatoms. The molecule has 0 atom stereocenters. The Balaban J connectivity index is 1.71. The van der Waals surface area contributed by atoms with Crippen LogP contribution in [0.25, 0.3) is 0 Å². The molecule has 0 aliphatic heterocycles. The van der Waals surface area contributed by atoms with E-state index in [1.54, 1.807) is 11.8 Å². The number of aliphatic carboxylic acids is 1. The number of rotatable bonds is 7. The highest BCUT2D eigenvalue weighted by Crippen LogP contribution is 2.51. The van der Waals surface area contributed by atoms with Crippen LogP contribution in [0, 0.1) is 11.3 Å². The molecule has 2 aliphatic carbocycles. The molecule has 2 N–H and O–H groups in total. The van der Waals surface area contributed by atoms with Crippen LogP contribution in [0.15, 0.2) is 0 Å². The molecule has 5 nitrogen and oxygen atoms in total. The first-order chi connectivity index (χ1) is 9.88. The first-order valence-corrected chi connectivity index (χ1v) is 8.63. The minimum absolute atomic E-state index is 0.0758. The highest BCUT2D eigenvalue weighted by molar-refractivity contribution is 7.99. The lowest BCUT2D eigenvalue weighted by Gasteiger charge is -2.34. The van der Waals surface area contributed by atoms with Crippen LogP contribution in [0.2, 0.25) is 0 Å². The summed E-state index contributed by atoms with van der Waals surface area (Å²) in [5.74, 6) is 0.285. The van der Waals surface area contributed by atoms with Gasteiger partial charge in [0.05, 0.1) is 25.0 Å². The number of methoxy groups -OCH3 is 1. The SMILES string of the molecule is COC(=O)CC1(CSCC2(O)CCC(C(=O)O)CC2)CC1. The number of carbonyl (C=O) groups excluding carboxylic acids is 1. The van der Waals surface area contributed by atoms with E-state index in [-0.39, 0.29) is 17.3 Å². The number of hydrogen-bond acceptors (Lipinski definition) is 5. The summed E-state index contributed by atoms with van der Waals surface area (Å²) in [7, 11) is 1.41. The Kier molecular flexibility index (Phi) is 5.20. The Morgan fingerprint density at radius 3 is 2.29 bits per heavy atom. The summed E-state index contributed by atoms with van der Waals surface area (Å²) >= 11 is 1.68. The Hall–Kier alpha value is -0.750.